The minimum absolute atomic E-state index is 0.127. The quantitative estimate of drug-likeness (QED) is 0.822. The van der Waals surface area contributed by atoms with E-state index < -0.39 is 17.5 Å². The molecule has 3 rings (SSSR count). The summed E-state index contributed by atoms with van der Waals surface area (Å²) in [6.45, 7) is 3.56. The molecule has 2 aliphatic rings. The maximum absolute atomic E-state index is 12.8. The first-order valence-electron chi connectivity index (χ1n) is 8.91. The molecule has 1 aromatic carbocycles. The summed E-state index contributed by atoms with van der Waals surface area (Å²) in [5.41, 5.74) is -0.423. The second-order valence-electron chi connectivity index (χ2n) is 7.25. The number of nitrogens with one attached hydrogen (secondary N) is 2. The molecule has 1 aliphatic heterocycles. The number of carbonyl (C=O) groups is 3. The Bertz CT molecular complexity index is 676. The van der Waals surface area contributed by atoms with Crippen LogP contribution in [-0.2, 0) is 15.1 Å². The van der Waals surface area contributed by atoms with E-state index in [1.807, 2.05) is 18.2 Å². The number of hydrogen-bond donors (Lipinski definition) is 2. The summed E-state index contributed by atoms with van der Waals surface area (Å²) in [5, 5.41) is 5.71. The summed E-state index contributed by atoms with van der Waals surface area (Å²) >= 11 is 0. The summed E-state index contributed by atoms with van der Waals surface area (Å²) in [5.74, 6) is -0.245. The van der Waals surface area contributed by atoms with Crippen molar-refractivity contribution in [1.29, 1.82) is 0 Å². The molecule has 3 atom stereocenters. The van der Waals surface area contributed by atoms with Crippen molar-refractivity contribution in [2.75, 3.05) is 6.54 Å². The van der Waals surface area contributed by atoms with Gasteiger partial charge in [-0.25, -0.2) is 4.79 Å². The van der Waals surface area contributed by atoms with Gasteiger partial charge in [-0.05, 0) is 31.2 Å². The molecule has 1 saturated carbocycles. The highest BCUT2D eigenvalue weighted by Crippen LogP contribution is 2.28. The van der Waals surface area contributed by atoms with Gasteiger partial charge in [-0.2, -0.15) is 0 Å². The van der Waals surface area contributed by atoms with E-state index in [4.69, 9.17) is 0 Å². The highest BCUT2D eigenvalue weighted by atomic mass is 16.2. The molecule has 0 radical (unpaired) electrons. The number of carbonyl (C=O) groups excluding carboxylic acids is 3. The summed E-state index contributed by atoms with van der Waals surface area (Å²) in [6, 6.07) is 8.69. The van der Waals surface area contributed by atoms with Gasteiger partial charge in [0, 0.05) is 6.04 Å². The number of nitrogens with zero attached hydrogens (tertiary/aromatic N) is 1. The zero-order valence-corrected chi connectivity index (χ0v) is 14.7. The molecule has 25 heavy (non-hydrogen) atoms. The molecule has 1 aliphatic carbocycles. The average Bonchev–Trinajstić information content (AvgIpc) is 2.82. The maximum Gasteiger partial charge on any atom is 0.325 e. The van der Waals surface area contributed by atoms with Crippen LogP contribution < -0.4 is 10.6 Å². The van der Waals surface area contributed by atoms with E-state index in [-0.39, 0.29) is 18.5 Å². The fourth-order valence-electron chi connectivity index (χ4n) is 3.73. The minimum Gasteiger partial charge on any atom is -0.352 e. The van der Waals surface area contributed by atoms with Crippen LogP contribution in [0.4, 0.5) is 4.79 Å². The Morgan fingerprint density at radius 2 is 1.92 bits per heavy atom. The molecular weight excluding hydrogens is 318 g/mol. The van der Waals surface area contributed by atoms with Crippen LogP contribution in [0.15, 0.2) is 30.3 Å². The zero-order chi connectivity index (χ0) is 18.0. The SMILES string of the molecule is CC1CCCCC1NC(=O)CN1C(=O)NC(C)(c2ccccc2)C1=O. The molecule has 4 amide bonds. The lowest BCUT2D eigenvalue weighted by Crippen LogP contribution is -2.47. The molecule has 134 valence electrons. The second-order valence-corrected chi connectivity index (χ2v) is 7.25. The number of hydrogen-bond acceptors (Lipinski definition) is 3. The Labute approximate surface area is 148 Å². The lowest BCUT2D eigenvalue weighted by atomic mass is 9.86. The second kappa shape index (κ2) is 6.86. The Balaban J connectivity index is 1.67. The predicted molar refractivity (Wildman–Crippen MR) is 93.6 cm³/mol. The topological polar surface area (TPSA) is 78.5 Å². The van der Waals surface area contributed by atoms with Crippen molar-refractivity contribution in [3.05, 3.63) is 35.9 Å². The summed E-state index contributed by atoms with van der Waals surface area (Å²) < 4.78 is 0. The number of imide groups is 1. The fraction of sp³-hybridized carbons (Fsp3) is 0.526. The molecule has 1 aromatic rings. The van der Waals surface area contributed by atoms with Crippen LogP contribution in [0, 0.1) is 5.92 Å². The first-order chi connectivity index (χ1) is 11.9. The van der Waals surface area contributed by atoms with Gasteiger partial charge in [0.15, 0.2) is 0 Å². The third-order valence-corrected chi connectivity index (χ3v) is 5.39. The monoisotopic (exact) mass is 343 g/mol. The van der Waals surface area contributed by atoms with Gasteiger partial charge in [0.25, 0.3) is 5.91 Å². The Kier molecular flexibility index (Phi) is 4.79. The van der Waals surface area contributed by atoms with Crippen molar-refractivity contribution >= 4 is 17.8 Å². The van der Waals surface area contributed by atoms with Crippen molar-refractivity contribution in [2.24, 2.45) is 5.92 Å². The number of urea groups is 1. The lowest BCUT2D eigenvalue weighted by Gasteiger charge is -2.30. The third kappa shape index (κ3) is 3.38. The van der Waals surface area contributed by atoms with E-state index in [0.29, 0.717) is 11.5 Å². The van der Waals surface area contributed by atoms with Crippen LogP contribution in [0.5, 0.6) is 0 Å². The van der Waals surface area contributed by atoms with Gasteiger partial charge in [-0.15, -0.1) is 0 Å². The number of amides is 4. The molecule has 0 bridgehead atoms. The summed E-state index contributed by atoms with van der Waals surface area (Å²) in [6.07, 6.45) is 4.34. The number of benzene rings is 1. The van der Waals surface area contributed by atoms with Crippen LogP contribution in [0.1, 0.15) is 45.1 Å². The van der Waals surface area contributed by atoms with Gasteiger partial charge in [0.05, 0.1) is 0 Å². The Morgan fingerprint density at radius 3 is 2.60 bits per heavy atom. The first-order valence-corrected chi connectivity index (χ1v) is 8.91. The molecular formula is C19H25N3O3. The number of rotatable bonds is 4. The van der Waals surface area contributed by atoms with Crippen LogP contribution in [-0.4, -0.2) is 35.3 Å². The van der Waals surface area contributed by atoms with Gasteiger partial charge in [-0.1, -0.05) is 50.1 Å². The standard InChI is InChI=1S/C19H25N3O3/c1-13-8-6-7-11-15(13)20-16(23)12-22-17(24)19(2,21-18(22)25)14-9-4-3-5-10-14/h3-5,9-10,13,15H,6-8,11-12H2,1-2H3,(H,20,23)(H,21,25). The smallest absolute Gasteiger partial charge is 0.325 e. The molecule has 1 heterocycles. The highest BCUT2D eigenvalue weighted by Gasteiger charge is 2.49. The van der Waals surface area contributed by atoms with Crippen molar-refractivity contribution in [3.8, 4) is 0 Å². The van der Waals surface area contributed by atoms with E-state index in [1.165, 1.54) is 6.42 Å². The Morgan fingerprint density at radius 1 is 1.24 bits per heavy atom. The molecule has 2 N–H and O–H groups in total. The van der Waals surface area contributed by atoms with E-state index in [1.54, 1.807) is 19.1 Å². The first kappa shape index (κ1) is 17.5. The molecule has 1 saturated heterocycles. The van der Waals surface area contributed by atoms with Crippen molar-refractivity contribution in [1.82, 2.24) is 15.5 Å². The van der Waals surface area contributed by atoms with Gasteiger partial charge in [-0.3, -0.25) is 14.5 Å². The largest absolute Gasteiger partial charge is 0.352 e. The molecule has 3 unspecified atom stereocenters. The Hall–Kier alpha value is -2.37. The zero-order valence-electron chi connectivity index (χ0n) is 14.7. The van der Waals surface area contributed by atoms with E-state index >= 15 is 0 Å². The van der Waals surface area contributed by atoms with E-state index in [2.05, 4.69) is 17.6 Å². The molecule has 0 aromatic heterocycles. The van der Waals surface area contributed by atoms with Crippen LogP contribution in [0.25, 0.3) is 0 Å². The summed E-state index contributed by atoms with van der Waals surface area (Å²) in [4.78, 5) is 38.4. The van der Waals surface area contributed by atoms with Gasteiger partial charge in [0.2, 0.25) is 5.91 Å². The molecule has 6 heteroatoms. The average molecular weight is 343 g/mol. The van der Waals surface area contributed by atoms with Crippen LogP contribution in [0.2, 0.25) is 0 Å². The molecule has 2 fully saturated rings. The van der Waals surface area contributed by atoms with Crippen LogP contribution >= 0.6 is 0 Å². The molecule has 6 nitrogen and oxygen atoms in total. The lowest BCUT2D eigenvalue weighted by molar-refractivity contribution is -0.135. The molecule has 0 spiro atoms. The third-order valence-electron chi connectivity index (χ3n) is 5.39. The normalized spacial score (nSPS) is 29.4. The van der Waals surface area contributed by atoms with Crippen LogP contribution in [0.3, 0.4) is 0 Å². The van der Waals surface area contributed by atoms with Gasteiger partial charge in [0.1, 0.15) is 12.1 Å². The van der Waals surface area contributed by atoms with Crippen molar-refractivity contribution in [3.63, 3.8) is 0 Å². The van der Waals surface area contributed by atoms with Gasteiger partial charge >= 0.3 is 6.03 Å². The highest BCUT2D eigenvalue weighted by molar-refractivity contribution is 6.09. The minimum atomic E-state index is -1.13. The predicted octanol–water partition coefficient (Wildman–Crippen LogP) is 2.15. The van der Waals surface area contributed by atoms with Crippen molar-refractivity contribution in [2.45, 2.75) is 51.1 Å². The van der Waals surface area contributed by atoms with Crippen molar-refractivity contribution < 1.29 is 14.4 Å². The maximum atomic E-state index is 12.8. The van der Waals surface area contributed by atoms with Gasteiger partial charge < -0.3 is 10.6 Å². The van der Waals surface area contributed by atoms with E-state index in [9.17, 15) is 14.4 Å². The summed E-state index contributed by atoms with van der Waals surface area (Å²) in [7, 11) is 0. The fourth-order valence-corrected chi connectivity index (χ4v) is 3.73. The van der Waals surface area contributed by atoms with E-state index in [0.717, 1.165) is 24.2 Å².